The molecule has 0 radical (unpaired) electrons. The predicted octanol–water partition coefficient (Wildman–Crippen LogP) is 2.09. The van der Waals surface area contributed by atoms with Crippen molar-refractivity contribution >= 4 is 22.8 Å². The average molecular weight is 348 g/mol. The van der Waals surface area contributed by atoms with E-state index in [0.29, 0.717) is 12.1 Å². The van der Waals surface area contributed by atoms with Crippen LogP contribution >= 0.6 is 0 Å². The molecule has 3 aromatic heterocycles. The second-order valence-electron chi connectivity index (χ2n) is 7.35. The summed E-state index contributed by atoms with van der Waals surface area (Å²) in [5, 5.41) is 1.02. The van der Waals surface area contributed by atoms with Gasteiger partial charge >= 0.3 is 0 Å². The van der Waals surface area contributed by atoms with E-state index < -0.39 is 0 Å². The van der Waals surface area contributed by atoms with Crippen molar-refractivity contribution in [1.82, 2.24) is 24.8 Å². The number of anilines is 1. The third kappa shape index (κ3) is 2.27. The van der Waals surface area contributed by atoms with Crippen LogP contribution in [0.4, 0.5) is 5.82 Å². The van der Waals surface area contributed by atoms with Crippen LogP contribution in [0.15, 0.2) is 43.1 Å². The van der Waals surface area contributed by atoms with Crippen LogP contribution in [0.2, 0.25) is 0 Å². The fourth-order valence-corrected chi connectivity index (χ4v) is 4.26. The zero-order valence-corrected chi connectivity index (χ0v) is 14.6. The molecule has 7 heteroatoms. The number of nitrogens with zero attached hydrogens (tertiary/aromatic N) is 5. The van der Waals surface area contributed by atoms with Gasteiger partial charge in [-0.05, 0) is 31.0 Å². The van der Waals surface area contributed by atoms with Crippen molar-refractivity contribution in [1.29, 1.82) is 0 Å². The van der Waals surface area contributed by atoms with Crippen LogP contribution < -0.4 is 4.90 Å². The van der Waals surface area contributed by atoms with Crippen molar-refractivity contribution in [3.05, 3.63) is 48.7 Å². The lowest BCUT2D eigenvalue weighted by atomic mass is 9.99. The largest absolute Gasteiger partial charge is 0.354 e. The number of likely N-dealkylation sites (tertiary alicyclic amines) is 1. The van der Waals surface area contributed by atoms with Crippen LogP contribution in [0.25, 0.3) is 11.0 Å². The minimum Gasteiger partial charge on any atom is -0.354 e. The molecule has 1 N–H and O–H groups in total. The SMILES string of the molecule is CN(c1ncnc2[nH]ccc12)[C@H]1CN(C(=O)c2ccncc2)CC12CC2. The molecule has 5 rings (SSSR count). The highest BCUT2D eigenvalue weighted by Crippen LogP contribution is 2.55. The van der Waals surface area contributed by atoms with Crippen LogP contribution in [0, 0.1) is 5.41 Å². The Morgan fingerprint density at radius 2 is 2.08 bits per heavy atom. The summed E-state index contributed by atoms with van der Waals surface area (Å²) in [4.78, 5) is 33.1. The lowest BCUT2D eigenvalue weighted by molar-refractivity contribution is 0.0784. The van der Waals surface area contributed by atoms with Crippen molar-refractivity contribution in [3.63, 3.8) is 0 Å². The van der Waals surface area contributed by atoms with Crippen molar-refractivity contribution < 1.29 is 4.79 Å². The lowest BCUT2D eigenvalue weighted by Gasteiger charge is -2.30. The van der Waals surface area contributed by atoms with Crippen molar-refractivity contribution in [2.45, 2.75) is 18.9 Å². The molecule has 4 heterocycles. The van der Waals surface area contributed by atoms with Gasteiger partial charge in [0.25, 0.3) is 5.91 Å². The average Bonchev–Trinajstić information content (AvgIpc) is 3.12. The van der Waals surface area contributed by atoms with Crippen LogP contribution in [-0.4, -0.2) is 56.9 Å². The van der Waals surface area contributed by atoms with E-state index >= 15 is 0 Å². The van der Waals surface area contributed by atoms with E-state index in [-0.39, 0.29) is 17.4 Å². The molecule has 1 atom stereocenters. The Hall–Kier alpha value is -2.96. The van der Waals surface area contributed by atoms with E-state index in [0.717, 1.165) is 36.2 Å². The second kappa shape index (κ2) is 5.52. The molecule has 1 amide bonds. The Kier molecular flexibility index (Phi) is 3.25. The number of amides is 1. The predicted molar refractivity (Wildman–Crippen MR) is 97.9 cm³/mol. The minimum atomic E-state index is 0.0871. The van der Waals surface area contributed by atoms with Crippen LogP contribution in [0.3, 0.4) is 0 Å². The quantitative estimate of drug-likeness (QED) is 0.784. The number of likely N-dealkylation sites (N-methyl/N-ethyl adjacent to an activating group) is 1. The maximum absolute atomic E-state index is 12.9. The third-order valence-corrected chi connectivity index (χ3v) is 5.85. The fourth-order valence-electron chi connectivity index (χ4n) is 4.26. The van der Waals surface area contributed by atoms with Gasteiger partial charge in [-0.2, -0.15) is 0 Å². The highest BCUT2D eigenvalue weighted by molar-refractivity contribution is 5.94. The maximum Gasteiger partial charge on any atom is 0.254 e. The number of H-pyrrole nitrogens is 1. The Labute approximate surface area is 151 Å². The number of fused-ring (bicyclic) bond motifs is 1. The van der Waals surface area contributed by atoms with Gasteiger partial charge in [-0.3, -0.25) is 9.78 Å². The summed E-state index contributed by atoms with van der Waals surface area (Å²) in [5.41, 5.74) is 1.73. The Morgan fingerprint density at radius 1 is 1.27 bits per heavy atom. The lowest BCUT2D eigenvalue weighted by Crippen LogP contribution is -2.40. The Bertz CT molecular complexity index is 964. The van der Waals surface area contributed by atoms with Crippen LogP contribution in [0.1, 0.15) is 23.2 Å². The van der Waals surface area contributed by atoms with Gasteiger partial charge in [0.1, 0.15) is 17.8 Å². The normalized spacial score (nSPS) is 20.7. The topological polar surface area (TPSA) is 78.0 Å². The first-order valence-corrected chi connectivity index (χ1v) is 8.88. The van der Waals surface area contributed by atoms with E-state index in [2.05, 4.69) is 31.9 Å². The molecule has 1 saturated heterocycles. The smallest absolute Gasteiger partial charge is 0.254 e. The molecular weight excluding hydrogens is 328 g/mol. The number of carbonyl (C=O) groups is 1. The van der Waals surface area contributed by atoms with Crippen molar-refractivity contribution in [2.75, 3.05) is 25.0 Å². The summed E-state index contributed by atoms with van der Waals surface area (Å²) in [6, 6.07) is 5.84. The highest BCUT2D eigenvalue weighted by Gasteiger charge is 2.57. The maximum atomic E-state index is 12.9. The fraction of sp³-hybridized carbons (Fsp3) is 0.368. The molecule has 2 fully saturated rings. The number of hydrogen-bond acceptors (Lipinski definition) is 5. The summed E-state index contributed by atoms with van der Waals surface area (Å²) in [5.74, 6) is 1.01. The molecular formula is C19H20N6O. The van der Waals surface area contributed by atoms with Gasteiger partial charge in [-0.15, -0.1) is 0 Å². The van der Waals surface area contributed by atoms with Gasteiger partial charge in [-0.25, -0.2) is 9.97 Å². The van der Waals surface area contributed by atoms with Crippen molar-refractivity contribution in [3.8, 4) is 0 Å². The van der Waals surface area contributed by atoms with Gasteiger partial charge < -0.3 is 14.8 Å². The molecule has 2 aliphatic rings. The van der Waals surface area contributed by atoms with Gasteiger partial charge in [0.15, 0.2) is 0 Å². The number of aromatic nitrogens is 4. The summed E-state index contributed by atoms with van der Waals surface area (Å²) in [6.45, 7) is 1.53. The number of pyridine rings is 1. The Balaban J connectivity index is 1.44. The molecule has 1 aliphatic heterocycles. The number of nitrogens with one attached hydrogen (secondary N) is 1. The standard InChI is InChI=1S/C19H20N6O/c1-24(17-14-4-9-21-16(14)22-12-23-17)15-10-25(11-19(15)5-6-19)18(26)13-2-7-20-8-3-13/h2-4,7-9,12,15H,5-6,10-11H2,1H3,(H,21,22,23)/t15-/m0/s1. The molecule has 26 heavy (non-hydrogen) atoms. The summed E-state index contributed by atoms with van der Waals surface area (Å²) >= 11 is 0. The van der Waals surface area contributed by atoms with Gasteiger partial charge in [-0.1, -0.05) is 0 Å². The monoisotopic (exact) mass is 348 g/mol. The molecule has 1 saturated carbocycles. The second-order valence-corrected chi connectivity index (χ2v) is 7.35. The molecule has 0 bridgehead atoms. The van der Waals surface area contributed by atoms with Crippen molar-refractivity contribution in [2.24, 2.45) is 5.41 Å². The molecule has 3 aromatic rings. The number of carbonyl (C=O) groups excluding carboxylic acids is 1. The molecule has 0 unspecified atom stereocenters. The molecule has 1 spiro atoms. The first-order chi connectivity index (χ1) is 12.7. The van der Waals surface area contributed by atoms with E-state index in [4.69, 9.17) is 0 Å². The van der Waals surface area contributed by atoms with E-state index in [1.807, 2.05) is 17.2 Å². The summed E-state index contributed by atoms with van der Waals surface area (Å²) < 4.78 is 0. The third-order valence-electron chi connectivity index (χ3n) is 5.85. The molecule has 1 aliphatic carbocycles. The summed E-state index contributed by atoms with van der Waals surface area (Å²) in [6.07, 6.45) is 9.14. The minimum absolute atomic E-state index is 0.0871. The molecule has 7 nitrogen and oxygen atoms in total. The van der Waals surface area contributed by atoms with Crippen LogP contribution in [0.5, 0.6) is 0 Å². The van der Waals surface area contributed by atoms with Gasteiger partial charge in [0, 0.05) is 49.7 Å². The number of rotatable bonds is 3. The molecule has 0 aromatic carbocycles. The zero-order chi connectivity index (χ0) is 17.7. The number of hydrogen-bond donors (Lipinski definition) is 1. The van der Waals surface area contributed by atoms with Gasteiger partial charge in [0.2, 0.25) is 0 Å². The highest BCUT2D eigenvalue weighted by atomic mass is 16.2. The zero-order valence-electron chi connectivity index (χ0n) is 14.6. The molecule has 132 valence electrons. The number of aromatic amines is 1. The van der Waals surface area contributed by atoms with E-state index in [9.17, 15) is 4.79 Å². The van der Waals surface area contributed by atoms with Crippen LogP contribution in [-0.2, 0) is 0 Å². The van der Waals surface area contributed by atoms with E-state index in [1.54, 1.807) is 30.9 Å². The summed E-state index contributed by atoms with van der Waals surface area (Å²) in [7, 11) is 2.08. The Morgan fingerprint density at radius 3 is 2.85 bits per heavy atom. The first-order valence-electron chi connectivity index (χ1n) is 8.88. The van der Waals surface area contributed by atoms with E-state index in [1.165, 1.54) is 0 Å². The first kappa shape index (κ1) is 15.3. The van der Waals surface area contributed by atoms with Gasteiger partial charge in [0.05, 0.1) is 11.4 Å².